The van der Waals surface area contributed by atoms with Crippen LogP contribution < -0.4 is 0 Å². The van der Waals surface area contributed by atoms with Crippen molar-refractivity contribution in [2.24, 2.45) is 0 Å². The van der Waals surface area contributed by atoms with Gasteiger partial charge in [-0.15, -0.1) is 0 Å². The van der Waals surface area contributed by atoms with Crippen LogP contribution in [0.4, 0.5) is 0 Å². The average Bonchev–Trinajstić information content (AvgIpc) is 2.35. The molecule has 0 aromatic heterocycles. The Balaban J connectivity index is 3.22. The largest absolute Gasteiger partial charge is 0.465 e. The predicted octanol–water partition coefficient (Wildman–Crippen LogP) is 3.39. The molecule has 0 aliphatic rings. The lowest BCUT2D eigenvalue weighted by Crippen LogP contribution is -2.08. The number of hydrogen-bond acceptors (Lipinski definition) is 3. The SMILES string of the molecule is COC(=O)c1cc(C(Br)C(C)=O)ccc1CBr. The van der Waals surface area contributed by atoms with Crippen molar-refractivity contribution in [3.8, 4) is 0 Å². The number of rotatable bonds is 4. The summed E-state index contributed by atoms with van der Waals surface area (Å²) in [4.78, 5) is 22.5. The summed E-state index contributed by atoms with van der Waals surface area (Å²) < 4.78 is 4.71. The van der Waals surface area contributed by atoms with Crippen molar-refractivity contribution in [3.05, 3.63) is 34.9 Å². The van der Waals surface area contributed by atoms with E-state index in [1.54, 1.807) is 6.07 Å². The number of Topliss-reactive ketones (excluding diaryl/α,β-unsaturated/α-hetero) is 1. The summed E-state index contributed by atoms with van der Waals surface area (Å²) in [6, 6.07) is 5.32. The number of carbonyl (C=O) groups is 2. The summed E-state index contributed by atoms with van der Waals surface area (Å²) in [6.07, 6.45) is 0. The van der Waals surface area contributed by atoms with E-state index in [0.717, 1.165) is 11.1 Å². The maximum atomic E-state index is 11.6. The van der Waals surface area contributed by atoms with Gasteiger partial charge in [0, 0.05) is 5.33 Å². The molecule has 0 saturated carbocycles. The highest BCUT2D eigenvalue weighted by atomic mass is 79.9. The van der Waals surface area contributed by atoms with Gasteiger partial charge < -0.3 is 4.74 Å². The third-order valence-corrected chi connectivity index (χ3v) is 4.11. The van der Waals surface area contributed by atoms with Crippen LogP contribution in [0.5, 0.6) is 0 Å². The van der Waals surface area contributed by atoms with Crippen LogP contribution in [0, 0.1) is 0 Å². The molecule has 0 aliphatic carbocycles. The quantitative estimate of drug-likeness (QED) is 0.608. The number of halogens is 2. The first-order valence-electron chi connectivity index (χ1n) is 4.93. The lowest BCUT2D eigenvalue weighted by Gasteiger charge is -2.11. The minimum absolute atomic E-state index is 0.00703. The molecule has 0 N–H and O–H groups in total. The third kappa shape index (κ3) is 3.39. The van der Waals surface area contributed by atoms with Crippen molar-refractivity contribution in [3.63, 3.8) is 0 Å². The minimum Gasteiger partial charge on any atom is -0.465 e. The van der Waals surface area contributed by atoms with Crippen molar-refractivity contribution in [1.82, 2.24) is 0 Å². The molecule has 1 atom stereocenters. The monoisotopic (exact) mass is 362 g/mol. The summed E-state index contributed by atoms with van der Waals surface area (Å²) in [6.45, 7) is 1.50. The van der Waals surface area contributed by atoms with E-state index < -0.39 is 10.8 Å². The Morgan fingerprint density at radius 2 is 2.06 bits per heavy atom. The van der Waals surface area contributed by atoms with Gasteiger partial charge in [-0.25, -0.2) is 4.79 Å². The molecule has 0 bridgehead atoms. The Morgan fingerprint density at radius 1 is 1.41 bits per heavy atom. The lowest BCUT2D eigenvalue weighted by atomic mass is 10.0. The molecule has 17 heavy (non-hydrogen) atoms. The summed E-state index contributed by atoms with van der Waals surface area (Å²) >= 11 is 6.60. The molecular formula is C12H12Br2O3. The fourth-order valence-corrected chi connectivity index (χ4v) is 2.18. The summed E-state index contributed by atoms with van der Waals surface area (Å²) in [5.41, 5.74) is 2.07. The van der Waals surface area contributed by atoms with Crippen LogP contribution in [0.15, 0.2) is 18.2 Å². The zero-order valence-electron chi connectivity index (χ0n) is 9.50. The highest BCUT2D eigenvalue weighted by molar-refractivity contribution is 9.09. The van der Waals surface area contributed by atoms with Gasteiger partial charge in [0.2, 0.25) is 0 Å². The summed E-state index contributed by atoms with van der Waals surface area (Å²) in [5.74, 6) is -0.406. The van der Waals surface area contributed by atoms with Crippen LogP contribution in [-0.2, 0) is 14.9 Å². The molecule has 1 aromatic carbocycles. The number of carbonyl (C=O) groups excluding carboxylic acids is 2. The first-order chi connectivity index (χ1) is 8.01. The molecule has 5 heteroatoms. The second-order valence-corrected chi connectivity index (χ2v) is 4.99. The number of ketones is 1. The number of alkyl halides is 2. The highest BCUT2D eigenvalue weighted by Gasteiger charge is 2.17. The number of ether oxygens (including phenoxy) is 1. The second-order valence-electron chi connectivity index (χ2n) is 3.52. The molecule has 0 aliphatic heterocycles. The first kappa shape index (κ1) is 14.4. The summed E-state index contributed by atoms with van der Waals surface area (Å²) in [7, 11) is 1.34. The maximum Gasteiger partial charge on any atom is 0.338 e. The van der Waals surface area contributed by atoms with Crippen molar-refractivity contribution in [1.29, 1.82) is 0 Å². The number of hydrogen-bond donors (Lipinski definition) is 0. The average molecular weight is 364 g/mol. The van der Waals surface area contributed by atoms with E-state index in [9.17, 15) is 9.59 Å². The van der Waals surface area contributed by atoms with Gasteiger partial charge in [-0.2, -0.15) is 0 Å². The van der Waals surface area contributed by atoms with Gasteiger partial charge in [-0.05, 0) is 24.1 Å². The van der Waals surface area contributed by atoms with Gasteiger partial charge >= 0.3 is 5.97 Å². The Bertz CT molecular complexity index is 443. The molecule has 1 rings (SSSR count). The Labute approximate surface area is 117 Å². The molecule has 1 aromatic rings. The number of methoxy groups -OCH3 is 1. The molecule has 0 saturated heterocycles. The highest BCUT2D eigenvalue weighted by Crippen LogP contribution is 2.26. The Hall–Kier alpha value is -0.680. The van der Waals surface area contributed by atoms with Crippen molar-refractivity contribution >= 4 is 43.6 Å². The standard InChI is InChI=1S/C12H12Br2O3/c1-7(15)11(14)8-3-4-9(6-13)10(5-8)12(16)17-2/h3-5,11H,6H2,1-2H3. The maximum absolute atomic E-state index is 11.6. The molecule has 0 radical (unpaired) electrons. The molecule has 0 heterocycles. The van der Waals surface area contributed by atoms with Gasteiger partial charge in [-0.1, -0.05) is 44.0 Å². The lowest BCUT2D eigenvalue weighted by molar-refractivity contribution is -0.116. The Morgan fingerprint density at radius 3 is 2.53 bits per heavy atom. The van der Waals surface area contributed by atoms with Gasteiger partial charge in [0.05, 0.1) is 17.5 Å². The third-order valence-electron chi connectivity index (χ3n) is 2.33. The van der Waals surface area contributed by atoms with Crippen molar-refractivity contribution in [2.75, 3.05) is 7.11 Å². The fraction of sp³-hybridized carbons (Fsp3) is 0.333. The van der Waals surface area contributed by atoms with Gasteiger partial charge in [0.1, 0.15) is 5.78 Å². The first-order valence-corrected chi connectivity index (χ1v) is 6.96. The van der Waals surface area contributed by atoms with E-state index in [1.165, 1.54) is 14.0 Å². The van der Waals surface area contributed by atoms with E-state index in [0.29, 0.717) is 10.9 Å². The van der Waals surface area contributed by atoms with E-state index in [2.05, 4.69) is 31.9 Å². The fourth-order valence-electron chi connectivity index (χ4n) is 1.40. The molecule has 0 amide bonds. The van der Waals surface area contributed by atoms with Gasteiger partial charge in [-0.3, -0.25) is 4.79 Å². The Kier molecular flexibility index (Phi) is 5.33. The normalized spacial score (nSPS) is 12.0. The van der Waals surface area contributed by atoms with Crippen molar-refractivity contribution < 1.29 is 14.3 Å². The van der Waals surface area contributed by atoms with Crippen LogP contribution in [0.1, 0.15) is 33.2 Å². The number of benzene rings is 1. The second kappa shape index (κ2) is 6.31. The van der Waals surface area contributed by atoms with Crippen molar-refractivity contribution in [2.45, 2.75) is 17.1 Å². The zero-order valence-corrected chi connectivity index (χ0v) is 12.7. The molecule has 92 valence electrons. The summed E-state index contributed by atoms with van der Waals surface area (Å²) in [5, 5.41) is 0.560. The van der Waals surface area contributed by atoms with Crippen LogP contribution in [0.25, 0.3) is 0 Å². The molecule has 3 nitrogen and oxygen atoms in total. The van der Waals surface area contributed by atoms with E-state index >= 15 is 0 Å². The van der Waals surface area contributed by atoms with E-state index in [-0.39, 0.29) is 5.78 Å². The van der Waals surface area contributed by atoms with E-state index in [4.69, 9.17) is 4.74 Å². The molecule has 0 spiro atoms. The molecule has 0 fully saturated rings. The van der Waals surface area contributed by atoms with Crippen LogP contribution >= 0.6 is 31.9 Å². The van der Waals surface area contributed by atoms with Gasteiger partial charge in [0.25, 0.3) is 0 Å². The zero-order chi connectivity index (χ0) is 13.0. The smallest absolute Gasteiger partial charge is 0.338 e. The minimum atomic E-state index is -0.399. The van der Waals surface area contributed by atoms with E-state index in [1.807, 2.05) is 12.1 Å². The van der Waals surface area contributed by atoms with Crippen LogP contribution in [-0.4, -0.2) is 18.9 Å². The van der Waals surface area contributed by atoms with Crippen LogP contribution in [0.2, 0.25) is 0 Å². The predicted molar refractivity (Wildman–Crippen MR) is 72.8 cm³/mol. The van der Waals surface area contributed by atoms with Crippen LogP contribution in [0.3, 0.4) is 0 Å². The van der Waals surface area contributed by atoms with Gasteiger partial charge in [0.15, 0.2) is 0 Å². The molecule has 1 unspecified atom stereocenters. The topological polar surface area (TPSA) is 43.4 Å². The molecular weight excluding hydrogens is 352 g/mol. The number of esters is 1.